The zero-order valence-corrected chi connectivity index (χ0v) is 11.4. The lowest BCUT2D eigenvalue weighted by molar-refractivity contribution is 0.134. The van der Waals surface area contributed by atoms with Gasteiger partial charge in [-0.25, -0.2) is 8.78 Å². The van der Waals surface area contributed by atoms with Crippen molar-refractivity contribution >= 4 is 0 Å². The summed E-state index contributed by atoms with van der Waals surface area (Å²) in [5.74, 6) is 4.70. The molecule has 3 nitrogen and oxygen atoms in total. The van der Waals surface area contributed by atoms with Crippen molar-refractivity contribution in [1.82, 2.24) is 5.43 Å². The molecule has 5 heteroatoms. The fourth-order valence-corrected chi connectivity index (χ4v) is 2.60. The Balaban J connectivity index is 1.86. The molecule has 110 valence electrons. The maximum Gasteiger partial charge on any atom is 0.126 e. The van der Waals surface area contributed by atoms with Gasteiger partial charge in [0.2, 0.25) is 0 Å². The highest BCUT2D eigenvalue weighted by atomic mass is 19.1. The minimum Gasteiger partial charge on any atom is -0.372 e. The Morgan fingerprint density at radius 2 is 1.90 bits per heavy atom. The fraction of sp³-hybridized carbons (Fsp3) is 0.250. The monoisotopic (exact) mass is 290 g/mol. The van der Waals surface area contributed by atoms with Gasteiger partial charge in [0.1, 0.15) is 11.6 Å². The van der Waals surface area contributed by atoms with Crippen LogP contribution in [0.25, 0.3) is 0 Å². The minimum absolute atomic E-state index is 0.278. The predicted molar refractivity (Wildman–Crippen MR) is 75.1 cm³/mol. The molecule has 3 rings (SSSR count). The molecule has 0 radical (unpaired) electrons. The van der Waals surface area contributed by atoms with Gasteiger partial charge in [0, 0.05) is 0 Å². The van der Waals surface area contributed by atoms with Gasteiger partial charge in [-0.2, -0.15) is 0 Å². The molecule has 3 N–H and O–H groups in total. The number of hydrogen-bond acceptors (Lipinski definition) is 3. The van der Waals surface area contributed by atoms with E-state index in [1.165, 1.54) is 6.07 Å². The van der Waals surface area contributed by atoms with Gasteiger partial charge in [-0.1, -0.05) is 18.2 Å². The number of hydrazine groups is 1. The summed E-state index contributed by atoms with van der Waals surface area (Å²) in [5, 5.41) is 0. The number of rotatable bonds is 4. The molecule has 0 saturated carbocycles. The summed E-state index contributed by atoms with van der Waals surface area (Å²) in [4.78, 5) is 0. The molecule has 0 saturated heterocycles. The topological polar surface area (TPSA) is 47.3 Å². The maximum absolute atomic E-state index is 13.7. The van der Waals surface area contributed by atoms with Crippen LogP contribution in [0.15, 0.2) is 36.4 Å². The molecule has 2 aromatic rings. The zero-order valence-electron chi connectivity index (χ0n) is 11.4. The Morgan fingerprint density at radius 1 is 1.10 bits per heavy atom. The van der Waals surface area contributed by atoms with Crippen molar-refractivity contribution in [3.8, 4) is 0 Å². The molecule has 0 aliphatic carbocycles. The molecule has 1 aliphatic heterocycles. The number of fused-ring (bicyclic) bond motifs is 1. The van der Waals surface area contributed by atoms with E-state index in [0.29, 0.717) is 18.8 Å². The quantitative estimate of drug-likeness (QED) is 0.672. The van der Waals surface area contributed by atoms with Crippen molar-refractivity contribution in [3.63, 3.8) is 0 Å². The molecular formula is C16H16F2N2O. The van der Waals surface area contributed by atoms with Crippen molar-refractivity contribution in [3.05, 3.63) is 70.3 Å². The van der Waals surface area contributed by atoms with Crippen LogP contribution in [0.4, 0.5) is 8.78 Å². The molecule has 1 unspecified atom stereocenters. The Kier molecular flexibility index (Phi) is 3.96. The summed E-state index contributed by atoms with van der Waals surface area (Å²) in [6, 6.07) is 9.09. The number of nitrogens with one attached hydrogen (secondary N) is 1. The SMILES string of the molecule is NNC(Cc1cc(F)ccc1F)c1ccc2c(c1)COC2. The maximum atomic E-state index is 13.7. The minimum atomic E-state index is -0.454. The van der Waals surface area contributed by atoms with E-state index in [9.17, 15) is 8.78 Å². The summed E-state index contributed by atoms with van der Waals surface area (Å²) in [6.45, 7) is 1.20. The lowest BCUT2D eigenvalue weighted by Crippen LogP contribution is -2.30. The van der Waals surface area contributed by atoms with Crippen LogP contribution in [0.2, 0.25) is 0 Å². The smallest absolute Gasteiger partial charge is 0.126 e. The van der Waals surface area contributed by atoms with Crippen molar-refractivity contribution in [2.24, 2.45) is 5.84 Å². The van der Waals surface area contributed by atoms with Gasteiger partial charge < -0.3 is 4.74 Å². The van der Waals surface area contributed by atoms with Crippen LogP contribution in [0.3, 0.4) is 0 Å². The molecule has 21 heavy (non-hydrogen) atoms. The van der Waals surface area contributed by atoms with E-state index >= 15 is 0 Å². The molecule has 0 bridgehead atoms. The van der Waals surface area contributed by atoms with Crippen molar-refractivity contribution in [1.29, 1.82) is 0 Å². The summed E-state index contributed by atoms with van der Waals surface area (Å²) >= 11 is 0. The molecule has 2 aromatic carbocycles. The Hall–Kier alpha value is -1.82. The van der Waals surface area contributed by atoms with Crippen molar-refractivity contribution < 1.29 is 13.5 Å². The van der Waals surface area contributed by atoms with E-state index in [0.717, 1.165) is 28.8 Å². The van der Waals surface area contributed by atoms with E-state index in [1.807, 2.05) is 18.2 Å². The highest BCUT2D eigenvalue weighted by Gasteiger charge is 2.17. The summed E-state index contributed by atoms with van der Waals surface area (Å²) in [7, 11) is 0. The van der Waals surface area contributed by atoms with Gasteiger partial charge in [-0.3, -0.25) is 11.3 Å². The van der Waals surface area contributed by atoms with Crippen LogP contribution in [0, 0.1) is 11.6 Å². The average Bonchev–Trinajstić information content (AvgIpc) is 2.95. The molecule has 0 amide bonds. The predicted octanol–water partition coefficient (Wildman–Crippen LogP) is 2.74. The lowest BCUT2D eigenvalue weighted by Gasteiger charge is -2.18. The second-order valence-corrected chi connectivity index (χ2v) is 5.18. The van der Waals surface area contributed by atoms with Gasteiger partial charge in [0.15, 0.2) is 0 Å². The van der Waals surface area contributed by atoms with Crippen LogP contribution in [-0.2, 0) is 24.4 Å². The third kappa shape index (κ3) is 2.95. The van der Waals surface area contributed by atoms with E-state index in [-0.39, 0.29) is 12.5 Å². The Bertz CT molecular complexity index is 661. The van der Waals surface area contributed by atoms with Crippen LogP contribution in [-0.4, -0.2) is 0 Å². The number of nitrogens with two attached hydrogens (primary N) is 1. The van der Waals surface area contributed by atoms with Gasteiger partial charge in [-0.05, 0) is 46.9 Å². The van der Waals surface area contributed by atoms with Gasteiger partial charge in [0.05, 0.1) is 19.3 Å². The highest BCUT2D eigenvalue weighted by Crippen LogP contribution is 2.26. The first kappa shape index (κ1) is 14.1. The summed E-state index contributed by atoms with van der Waals surface area (Å²) in [6.07, 6.45) is 0.278. The molecule has 0 spiro atoms. The standard InChI is InChI=1S/C16H16F2N2O/c17-14-3-4-15(18)12(6-14)7-16(20-19)10-1-2-11-8-21-9-13(11)5-10/h1-6,16,20H,7-9,19H2. The molecule has 1 aliphatic rings. The van der Waals surface area contributed by atoms with Gasteiger partial charge in [-0.15, -0.1) is 0 Å². The molecule has 0 fully saturated rings. The van der Waals surface area contributed by atoms with Crippen LogP contribution < -0.4 is 11.3 Å². The third-order valence-electron chi connectivity index (χ3n) is 3.78. The third-order valence-corrected chi connectivity index (χ3v) is 3.78. The average molecular weight is 290 g/mol. The zero-order chi connectivity index (χ0) is 14.8. The Labute approximate surface area is 121 Å². The largest absolute Gasteiger partial charge is 0.372 e. The number of benzene rings is 2. The second kappa shape index (κ2) is 5.89. The molecule has 1 atom stereocenters. The van der Waals surface area contributed by atoms with Crippen molar-refractivity contribution in [2.75, 3.05) is 0 Å². The normalized spacial score (nSPS) is 15.0. The first-order valence-electron chi connectivity index (χ1n) is 6.77. The van der Waals surface area contributed by atoms with Crippen LogP contribution >= 0.6 is 0 Å². The van der Waals surface area contributed by atoms with Gasteiger partial charge in [0.25, 0.3) is 0 Å². The molecule has 1 heterocycles. The van der Waals surface area contributed by atoms with E-state index < -0.39 is 11.6 Å². The van der Waals surface area contributed by atoms with Crippen LogP contribution in [0.5, 0.6) is 0 Å². The molecular weight excluding hydrogens is 274 g/mol. The van der Waals surface area contributed by atoms with Gasteiger partial charge >= 0.3 is 0 Å². The summed E-state index contributed by atoms with van der Waals surface area (Å²) in [5.41, 5.74) is 6.19. The lowest BCUT2D eigenvalue weighted by atomic mass is 9.96. The van der Waals surface area contributed by atoms with E-state index in [2.05, 4.69) is 5.43 Å². The first-order valence-corrected chi connectivity index (χ1v) is 6.77. The number of hydrogen-bond donors (Lipinski definition) is 2. The second-order valence-electron chi connectivity index (χ2n) is 5.18. The number of halogens is 2. The summed E-state index contributed by atoms with van der Waals surface area (Å²) < 4.78 is 32.4. The fourth-order valence-electron chi connectivity index (χ4n) is 2.60. The Morgan fingerprint density at radius 3 is 2.71 bits per heavy atom. The van der Waals surface area contributed by atoms with E-state index in [4.69, 9.17) is 10.6 Å². The first-order chi connectivity index (χ1) is 10.2. The van der Waals surface area contributed by atoms with Crippen LogP contribution in [0.1, 0.15) is 28.3 Å². The van der Waals surface area contributed by atoms with Crippen molar-refractivity contribution in [2.45, 2.75) is 25.7 Å². The molecule has 0 aromatic heterocycles. The highest BCUT2D eigenvalue weighted by molar-refractivity contribution is 5.35. The van der Waals surface area contributed by atoms with E-state index in [1.54, 1.807) is 0 Å². The number of ether oxygens (including phenoxy) is 1.